The maximum absolute atomic E-state index is 11.7. The summed E-state index contributed by atoms with van der Waals surface area (Å²) in [6.07, 6.45) is 1.40. The number of ketones is 1. The van der Waals surface area contributed by atoms with E-state index in [1.807, 2.05) is 19.1 Å². The van der Waals surface area contributed by atoms with Crippen LogP contribution in [-0.2, 0) is 6.42 Å². The number of ether oxygens (including phenoxy) is 2. The highest BCUT2D eigenvalue weighted by atomic mass is 16.5. The van der Waals surface area contributed by atoms with Crippen LogP contribution in [0.15, 0.2) is 12.1 Å². The van der Waals surface area contributed by atoms with E-state index in [9.17, 15) is 4.79 Å². The van der Waals surface area contributed by atoms with Crippen molar-refractivity contribution in [2.45, 2.75) is 19.8 Å². The van der Waals surface area contributed by atoms with Gasteiger partial charge in [0.15, 0.2) is 17.3 Å². The van der Waals surface area contributed by atoms with Crippen LogP contribution >= 0.6 is 0 Å². The molecule has 0 aromatic heterocycles. The molecule has 15 heavy (non-hydrogen) atoms. The Hall–Kier alpha value is -1.51. The van der Waals surface area contributed by atoms with Crippen molar-refractivity contribution in [3.8, 4) is 11.5 Å². The van der Waals surface area contributed by atoms with Crippen molar-refractivity contribution < 1.29 is 14.3 Å². The first-order valence-electron chi connectivity index (χ1n) is 5.13. The Balaban J connectivity index is 2.55. The summed E-state index contributed by atoms with van der Waals surface area (Å²) in [5, 5.41) is 0. The first-order chi connectivity index (χ1) is 7.27. The fraction of sp³-hybridized carbons (Fsp3) is 0.417. The molecular weight excluding hydrogens is 192 g/mol. The van der Waals surface area contributed by atoms with Gasteiger partial charge in [-0.25, -0.2) is 0 Å². The van der Waals surface area contributed by atoms with E-state index in [0.717, 1.165) is 17.5 Å². The van der Waals surface area contributed by atoms with Crippen LogP contribution in [0.2, 0.25) is 0 Å². The van der Waals surface area contributed by atoms with E-state index in [4.69, 9.17) is 9.47 Å². The standard InChI is InChI=1S/C12H14O3/c1-3-15-12-10(14-2)7-5-8-4-6-9(13)11(8)12/h5,7H,3-4,6H2,1-2H3. The summed E-state index contributed by atoms with van der Waals surface area (Å²) >= 11 is 0. The van der Waals surface area contributed by atoms with Gasteiger partial charge in [0, 0.05) is 6.42 Å². The largest absolute Gasteiger partial charge is 0.493 e. The molecule has 0 fully saturated rings. The van der Waals surface area contributed by atoms with Crippen molar-refractivity contribution in [1.29, 1.82) is 0 Å². The molecule has 3 nitrogen and oxygen atoms in total. The van der Waals surface area contributed by atoms with Crippen LogP contribution in [0.1, 0.15) is 29.3 Å². The van der Waals surface area contributed by atoms with Crippen molar-refractivity contribution in [2.75, 3.05) is 13.7 Å². The zero-order valence-corrected chi connectivity index (χ0v) is 9.00. The van der Waals surface area contributed by atoms with Crippen molar-refractivity contribution in [3.05, 3.63) is 23.3 Å². The molecule has 3 heteroatoms. The van der Waals surface area contributed by atoms with Gasteiger partial charge in [-0.15, -0.1) is 0 Å². The van der Waals surface area contributed by atoms with E-state index < -0.39 is 0 Å². The molecule has 0 radical (unpaired) electrons. The van der Waals surface area contributed by atoms with Crippen LogP contribution in [0.25, 0.3) is 0 Å². The van der Waals surface area contributed by atoms with Gasteiger partial charge >= 0.3 is 0 Å². The second kappa shape index (κ2) is 3.93. The molecule has 0 N–H and O–H groups in total. The lowest BCUT2D eigenvalue weighted by Crippen LogP contribution is -2.02. The fourth-order valence-corrected chi connectivity index (χ4v) is 1.94. The Morgan fingerprint density at radius 1 is 1.33 bits per heavy atom. The molecule has 0 aliphatic heterocycles. The van der Waals surface area contributed by atoms with Crippen molar-refractivity contribution in [2.24, 2.45) is 0 Å². The Labute approximate surface area is 89.0 Å². The molecule has 1 aliphatic carbocycles. The molecule has 0 saturated carbocycles. The summed E-state index contributed by atoms with van der Waals surface area (Å²) in [6, 6.07) is 3.81. The van der Waals surface area contributed by atoms with Gasteiger partial charge in [0.05, 0.1) is 19.3 Å². The third-order valence-corrected chi connectivity index (χ3v) is 2.62. The van der Waals surface area contributed by atoms with E-state index in [-0.39, 0.29) is 5.78 Å². The number of carbonyl (C=O) groups is 1. The van der Waals surface area contributed by atoms with Crippen LogP contribution in [0, 0.1) is 0 Å². The molecule has 0 amide bonds. The molecule has 0 saturated heterocycles. The summed E-state index contributed by atoms with van der Waals surface area (Å²) in [4.78, 5) is 11.7. The monoisotopic (exact) mass is 206 g/mol. The second-order valence-electron chi connectivity index (χ2n) is 3.49. The number of Topliss-reactive ketones (excluding diaryl/α,β-unsaturated/α-hetero) is 1. The molecule has 0 atom stereocenters. The zero-order chi connectivity index (χ0) is 10.8. The SMILES string of the molecule is CCOc1c(OC)ccc2c1C(=O)CC2. The van der Waals surface area contributed by atoms with Crippen LogP contribution in [-0.4, -0.2) is 19.5 Å². The minimum atomic E-state index is 0.160. The quantitative estimate of drug-likeness (QED) is 0.760. The van der Waals surface area contributed by atoms with Gasteiger partial charge in [0.1, 0.15) is 0 Å². The van der Waals surface area contributed by atoms with Gasteiger partial charge in [0.25, 0.3) is 0 Å². The first-order valence-corrected chi connectivity index (χ1v) is 5.13. The Morgan fingerprint density at radius 2 is 2.13 bits per heavy atom. The van der Waals surface area contributed by atoms with Crippen molar-refractivity contribution in [3.63, 3.8) is 0 Å². The van der Waals surface area contributed by atoms with Gasteiger partial charge in [-0.1, -0.05) is 6.07 Å². The normalized spacial score (nSPS) is 13.9. The number of methoxy groups -OCH3 is 1. The second-order valence-corrected chi connectivity index (χ2v) is 3.49. The first kappa shape index (κ1) is 10.0. The minimum absolute atomic E-state index is 0.160. The molecule has 1 aliphatic rings. The number of hydrogen-bond donors (Lipinski definition) is 0. The molecule has 0 bridgehead atoms. The lowest BCUT2D eigenvalue weighted by atomic mass is 10.1. The summed E-state index contributed by atoms with van der Waals surface area (Å²) in [5.74, 6) is 1.42. The lowest BCUT2D eigenvalue weighted by Gasteiger charge is -2.12. The molecule has 0 spiro atoms. The van der Waals surface area contributed by atoms with Gasteiger partial charge in [-0.3, -0.25) is 4.79 Å². The van der Waals surface area contributed by atoms with Crippen LogP contribution < -0.4 is 9.47 Å². The minimum Gasteiger partial charge on any atom is -0.493 e. The van der Waals surface area contributed by atoms with Gasteiger partial charge < -0.3 is 9.47 Å². The Morgan fingerprint density at radius 3 is 2.80 bits per heavy atom. The van der Waals surface area contributed by atoms with Gasteiger partial charge in [0.2, 0.25) is 0 Å². The van der Waals surface area contributed by atoms with Crippen LogP contribution in [0.4, 0.5) is 0 Å². The Bertz CT molecular complexity index is 396. The highest BCUT2D eigenvalue weighted by molar-refractivity contribution is 6.03. The van der Waals surface area contributed by atoms with Gasteiger partial charge in [-0.2, -0.15) is 0 Å². The zero-order valence-electron chi connectivity index (χ0n) is 9.00. The molecule has 1 aromatic rings. The number of fused-ring (bicyclic) bond motifs is 1. The van der Waals surface area contributed by atoms with Gasteiger partial charge in [-0.05, 0) is 25.0 Å². The fourth-order valence-electron chi connectivity index (χ4n) is 1.94. The van der Waals surface area contributed by atoms with Crippen LogP contribution in [0.3, 0.4) is 0 Å². The van der Waals surface area contributed by atoms with Crippen molar-refractivity contribution >= 4 is 5.78 Å². The molecule has 2 rings (SSSR count). The average molecular weight is 206 g/mol. The maximum atomic E-state index is 11.7. The topological polar surface area (TPSA) is 35.5 Å². The predicted molar refractivity (Wildman–Crippen MR) is 56.8 cm³/mol. The highest BCUT2D eigenvalue weighted by Gasteiger charge is 2.26. The van der Waals surface area contributed by atoms with Crippen molar-refractivity contribution in [1.82, 2.24) is 0 Å². The molecular formula is C12H14O3. The number of benzene rings is 1. The lowest BCUT2D eigenvalue weighted by molar-refractivity contribution is 0.0990. The molecule has 1 aromatic carbocycles. The predicted octanol–water partition coefficient (Wildman–Crippen LogP) is 2.22. The highest BCUT2D eigenvalue weighted by Crippen LogP contribution is 2.38. The van der Waals surface area contributed by atoms with Crippen LogP contribution in [0.5, 0.6) is 11.5 Å². The van der Waals surface area contributed by atoms with E-state index >= 15 is 0 Å². The smallest absolute Gasteiger partial charge is 0.172 e. The Kier molecular flexibility index (Phi) is 2.62. The average Bonchev–Trinajstić information content (AvgIpc) is 2.62. The van der Waals surface area contributed by atoms with E-state index in [1.165, 1.54) is 0 Å². The molecule has 80 valence electrons. The maximum Gasteiger partial charge on any atom is 0.172 e. The summed E-state index contributed by atoms with van der Waals surface area (Å²) < 4.78 is 10.7. The van der Waals surface area contributed by atoms with E-state index in [2.05, 4.69) is 0 Å². The number of hydrogen-bond acceptors (Lipinski definition) is 3. The number of carbonyl (C=O) groups excluding carboxylic acids is 1. The summed E-state index contributed by atoms with van der Waals surface area (Å²) in [6.45, 7) is 2.44. The summed E-state index contributed by atoms with van der Waals surface area (Å²) in [7, 11) is 1.59. The number of aryl methyl sites for hydroxylation is 1. The summed E-state index contributed by atoms with van der Waals surface area (Å²) in [5.41, 5.74) is 1.79. The third-order valence-electron chi connectivity index (χ3n) is 2.62. The molecule has 0 unspecified atom stereocenters. The molecule has 0 heterocycles. The third kappa shape index (κ3) is 1.58. The number of rotatable bonds is 3. The van der Waals surface area contributed by atoms with E-state index in [0.29, 0.717) is 24.5 Å². The van der Waals surface area contributed by atoms with E-state index in [1.54, 1.807) is 7.11 Å².